The van der Waals surface area contributed by atoms with Crippen molar-refractivity contribution >= 4 is 33.3 Å². The standard InChI is InChI=1S/C15H22N4S/c1-5-16-15-17-13(19-8-9(2)6-10(19)3)12-7-11(4)20-14(12)18-15/h7,9-10H,5-6,8H2,1-4H3,(H,16,17,18). The van der Waals surface area contributed by atoms with E-state index in [0.717, 1.165) is 35.6 Å². The van der Waals surface area contributed by atoms with E-state index in [2.05, 4.69) is 49.0 Å². The Hall–Kier alpha value is -1.36. The van der Waals surface area contributed by atoms with Gasteiger partial charge in [0.05, 0.1) is 5.39 Å². The van der Waals surface area contributed by atoms with Crippen molar-refractivity contribution in [3.63, 3.8) is 0 Å². The molecule has 2 aromatic rings. The molecular weight excluding hydrogens is 268 g/mol. The number of thiophene rings is 1. The first-order valence-corrected chi connectivity index (χ1v) is 8.18. The third-order valence-corrected chi connectivity index (χ3v) is 4.83. The summed E-state index contributed by atoms with van der Waals surface area (Å²) >= 11 is 1.75. The van der Waals surface area contributed by atoms with Gasteiger partial charge in [0.1, 0.15) is 10.6 Å². The van der Waals surface area contributed by atoms with Gasteiger partial charge in [-0.2, -0.15) is 4.98 Å². The van der Waals surface area contributed by atoms with E-state index in [1.54, 1.807) is 11.3 Å². The van der Waals surface area contributed by atoms with Gasteiger partial charge in [-0.1, -0.05) is 6.92 Å². The molecule has 3 heterocycles. The number of anilines is 2. The number of fused-ring (bicyclic) bond motifs is 1. The Morgan fingerprint density at radius 3 is 2.85 bits per heavy atom. The van der Waals surface area contributed by atoms with Gasteiger partial charge in [-0.3, -0.25) is 0 Å². The summed E-state index contributed by atoms with van der Waals surface area (Å²) in [7, 11) is 0. The highest BCUT2D eigenvalue weighted by molar-refractivity contribution is 7.18. The minimum absolute atomic E-state index is 0.554. The van der Waals surface area contributed by atoms with Crippen LogP contribution in [0.1, 0.15) is 32.1 Å². The van der Waals surface area contributed by atoms with E-state index in [1.807, 2.05) is 0 Å². The Bertz CT molecular complexity index is 622. The van der Waals surface area contributed by atoms with E-state index >= 15 is 0 Å². The fourth-order valence-corrected chi connectivity index (χ4v) is 3.95. The summed E-state index contributed by atoms with van der Waals surface area (Å²) < 4.78 is 0. The van der Waals surface area contributed by atoms with Crippen molar-refractivity contribution < 1.29 is 0 Å². The number of hydrogen-bond donors (Lipinski definition) is 1. The van der Waals surface area contributed by atoms with E-state index in [9.17, 15) is 0 Å². The molecule has 3 rings (SSSR count). The fourth-order valence-electron chi connectivity index (χ4n) is 3.08. The smallest absolute Gasteiger partial charge is 0.226 e. The van der Waals surface area contributed by atoms with Crippen molar-refractivity contribution in [3.05, 3.63) is 10.9 Å². The molecule has 2 unspecified atom stereocenters. The zero-order valence-electron chi connectivity index (χ0n) is 12.6. The van der Waals surface area contributed by atoms with Crippen molar-refractivity contribution in [1.29, 1.82) is 0 Å². The molecule has 0 bridgehead atoms. The van der Waals surface area contributed by atoms with Gasteiger partial charge in [0.15, 0.2) is 0 Å². The first kappa shape index (κ1) is 13.6. The van der Waals surface area contributed by atoms with Crippen LogP contribution in [-0.2, 0) is 0 Å². The second-order valence-electron chi connectivity index (χ2n) is 5.82. The number of hydrogen-bond acceptors (Lipinski definition) is 5. The quantitative estimate of drug-likeness (QED) is 0.936. The molecule has 2 aromatic heterocycles. The van der Waals surface area contributed by atoms with Crippen LogP contribution in [0.15, 0.2) is 6.07 Å². The molecule has 1 N–H and O–H groups in total. The molecule has 4 nitrogen and oxygen atoms in total. The monoisotopic (exact) mass is 290 g/mol. The molecule has 0 aromatic carbocycles. The Kier molecular flexibility index (Phi) is 3.54. The number of aryl methyl sites for hydroxylation is 1. The summed E-state index contributed by atoms with van der Waals surface area (Å²) in [6, 6.07) is 2.78. The summed E-state index contributed by atoms with van der Waals surface area (Å²) in [5.41, 5.74) is 0. The van der Waals surface area contributed by atoms with E-state index in [4.69, 9.17) is 4.98 Å². The van der Waals surface area contributed by atoms with Crippen molar-refractivity contribution in [2.45, 2.75) is 40.2 Å². The van der Waals surface area contributed by atoms with Crippen LogP contribution >= 0.6 is 11.3 Å². The van der Waals surface area contributed by atoms with Crippen molar-refractivity contribution in [2.75, 3.05) is 23.3 Å². The first-order valence-electron chi connectivity index (χ1n) is 7.37. The van der Waals surface area contributed by atoms with Gasteiger partial charge in [0.2, 0.25) is 5.95 Å². The molecule has 0 amide bonds. The molecular formula is C15H22N4S. The van der Waals surface area contributed by atoms with Crippen molar-refractivity contribution in [3.8, 4) is 0 Å². The topological polar surface area (TPSA) is 41.1 Å². The predicted octanol–water partition coefficient (Wildman–Crippen LogP) is 3.67. The van der Waals surface area contributed by atoms with E-state index < -0.39 is 0 Å². The second-order valence-corrected chi connectivity index (χ2v) is 7.05. The zero-order chi connectivity index (χ0) is 14.3. The molecule has 5 heteroatoms. The second kappa shape index (κ2) is 5.20. The predicted molar refractivity (Wildman–Crippen MR) is 86.9 cm³/mol. The highest BCUT2D eigenvalue weighted by Crippen LogP contribution is 2.36. The van der Waals surface area contributed by atoms with Gasteiger partial charge in [-0.25, -0.2) is 4.98 Å². The fraction of sp³-hybridized carbons (Fsp3) is 0.600. The lowest BCUT2D eigenvalue weighted by Crippen LogP contribution is -2.28. The minimum atomic E-state index is 0.554. The van der Waals surface area contributed by atoms with Crippen LogP contribution < -0.4 is 10.2 Å². The van der Waals surface area contributed by atoms with Crippen LogP contribution in [0.3, 0.4) is 0 Å². The maximum Gasteiger partial charge on any atom is 0.226 e. The number of nitrogens with one attached hydrogen (secondary N) is 1. The zero-order valence-corrected chi connectivity index (χ0v) is 13.4. The van der Waals surface area contributed by atoms with Gasteiger partial charge >= 0.3 is 0 Å². The molecule has 0 saturated carbocycles. The lowest BCUT2D eigenvalue weighted by atomic mass is 10.1. The average molecular weight is 290 g/mol. The number of rotatable bonds is 3. The largest absolute Gasteiger partial charge is 0.354 e. The summed E-state index contributed by atoms with van der Waals surface area (Å²) in [4.78, 5) is 14.2. The Morgan fingerprint density at radius 2 is 2.20 bits per heavy atom. The molecule has 108 valence electrons. The summed E-state index contributed by atoms with van der Waals surface area (Å²) in [5, 5.41) is 4.46. The van der Waals surface area contributed by atoms with Crippen LogP contribution in [-0.4, -0.2) is 29.1 Å². The summed E-state index contributed by atoms with van der Waals surface area (Å²) in [6.07, 6.45) is 1.24. The SMILES string of the molecule is CCNc1nc(N2CC(C)CC2C)c2cc(C)sc2n1. The molecule has 1 saturated heterocycles. The third-order valence-electron chi connectivity index (χ3n) is 3.89. The Balaban J connectivity index is 2.11. The molecule has 0 radical (unpaired) electrons. The normalized spacial score (nSPS) is 22.7. The van der Waals surface area contributed by atoms with Crippen molar-refractivity contribution in [2.24, 2.45) is 5.92 Å². The van der Waals surface area contributed by atoms with E-state index in [0.29, 0.717) is 6.04 Å². The molecule has 1 aliphatic rings. The van der Waals surface area contributed by atoms with Crippen LogP contribution in [0.5, 0.6) is 0 Å². The summed E-state index contributed by atoms with van der Waals surface area (Å²) in [6.45, 7) is 10.8. The molecule has 1 aliphatic heterocycles. The van der Waals surface area contributed by atoms with Gasteiger partial charge in [0.25, 0.3) is 0 Å². The Labute approximate surface area is 124 Å². The van der Waals surface area contributed by atoms with Crippen LogP contribution in [0.25, 0.3) is 10.2 Å². The molecule has 2 atom stereocenters. The van der Waals surface area contributed by atoms with Crippen molar-refractivity contribution in [1.82, 2.24) is 9.97 Å². The first-order chi connectivity index (χ1) is 9.58. The molecule has 1 fully saturated rings. The lowest BCUT2D eigenvalue weighted by molar-refractivity contribution is 0.625. The number of nitrogens with zero attached hydrogens (tertiary/aromatic N) is 3. The van der Waals surface area contributed by atoms with Gasteiger partial charge < -0.3 is 10.2 Å². The van der Waals surface area contributed by atoms with Crippen LogP contribution in [0.2, 0.25) is 0 Å². The third kappa shape index (κ3) is 2.35. The van der Waals surface area contributed by atoms with E-state index in [1.165, 1.54) is 16.7 Å². The highest BCUT2D eigenvalue weighted by atomic mass is 32.1. The van der Waals surface area contributed by atoms with Gasteiger partial charge in [-0.15, -0.1) is 11.3 Å². The summed E-state index contributed by atoms with van der Waals surface area (Å²) in [5.74, 6) is 2.59. The molecule has 0 aliphatic carbocycles. The van der Waals surface area contributed by atoms with Gasteiger partial charge in [-0.05, 0) is 39.2 Å². The van der Waals surface area contributed by atoms with Gasteiger partial charge in [0, 0.05) is 24.0 Å². The highest BCUT2D eigenvalue weighted by Gasteiger charge is 2.29. The maximum atomic E-state index is 4.78. The average Bonchev–Trinajstić information content (AvgIpc) is 2.90. The number of aromatic nitrogens is 2. The molecule has 20 heavy (non-hydrogen) atoms. The van der Waals surface area contributed by atoms with Crippen LogP contribution in [0.4, 0.5) is 11.8 Å². The minimum Gasteiger partial charge on any atom is -0.354 e. The molecule has 0 spiro atoms. The lowest BCUT2D eigenvalue weighted by Gasteiger charge is -2.23. The van der Waals surface area contributed by atoms with Crippen LogP contribution in [0, 0.1) is 12.8 Å². The maximum absolute atomic E-state index is 4.78. The van der Waals surface area contributed by atoms with E-state index in [-0.39, 0.29) is 0 Å². The Morgan fingerprint density at radius 1 is 1.40 bits per heavy atom.